The number of aryl methyl sites for hydroxylation is 1. The molecular weight excluding hydrogens is 356 g/mol. The zero-order valence-electron chi connectivity index (χ0n) is 16.7. The van der Waals surface area contributed by atoms with Gasteiger partial charge in [-0.1, -0.05) is 31.2 Å². The number of benzene rings is 1. The van der Waals surface area contributed by atoms with Crippen LogP contribution in [0.25, 0.3) is 0 Å². The molecule has 0 bridgehead atoms. The highest BCUT2D eigenvalue weighted by molar-refractivity contribution is 6.05. The smallest absolute Gasteiger partial charge is 0.233 e. The van der Waals surface area contributed by atoms with Gasteiger partial charge in [0.2, 0.25) is 17.7 Å². The molecule has 150 valence electrons. The van der Waals surface area contributed by atoms with E-state index in [1.165, 1.54) is 4.90 Å². The van der Waals surface area contributed by atoms with Crippen molar-refractivity contribution >= 4 is 17.7 Å². The van der Waals surface area contributed by atoms with Crippen molar-refractivity contribution in [1.82, 2.24) is 10.2 Å². The van der Waals surface area contributed by atoms with E-state index in [1.807, 2.05) is 44.2 Å². The number of carbonyl (C=O) groups is 3. The summed E-state index contributed by atoms with van der Waals surface area (Å²) in [6.07, 6.45) is 6.03. The first-order chi connectivity index (χ1) is 13.5. The van der Waals surface area contributed by atoms with E-state index in [0.29, 0.717) is 12.8 Å². The van der Waals surface area contributed by atoms with Crippen molar-refractivity contribution in [3.8, 4) is 5.75 Å². The number of ether oxygens (including phenoxy) is 1. The Morgan fingerprint density at radius 1 is 1.21 bits per heavy atom. The Balaban J connectivity index is 1.58. The third-order valence-corrected chi connectivity index (χ3v) is 5.73. The van der Waals surface area contributed by atoms with Gasteiger partial charge in [0, 0.05) is 13.0 Å². The zero-order chi connectivity index (χ0) is 20.3. The number of imide groups is 1. The van der Waals surface area contributed by atoms with Crippen LogP contribution in [0.15, 0.2) is 30.4 Å². The number of amides is 3. The van der Waals surface area contributed by atoms with Crippen LogP contribution in [0.1, 0.15) is 49.8 Å². The van der Waals surface area contributed by atoms with Gasteiger partial charge in [-0.15, -0.1) is 0 Å². The second-order valence-corrected chi connectivity index (χ2v) is 7.49. The van der Waals surface area contributed by atoms with Crippen LogP contribution in [0.5, 0.6) is 5.75 Å². The number of hydrogen-bond acceptors (Lipinski definition) is 4. The first-order valence-electron chi connectivity index (χ1n) is 9.90. The molecule has 1 aliphatic heterocycles. The Morgan fingerprint density at radius 2 is 1.86 bits per heavy atom. The second-order valence-electron chi connectivity index (χ2n) is 7.49. The van der Waals surface area contributed by atoms with Crippen molar-refractivity contribution in [3.05, 3.63) is 41.5 Å². The van der Waals surface area contributed by atoms with Crippen molar-refractivity contribution < 1.29 is 19.1 Å². The van der Waals surface area contributed by atoms with Gasteiger partial charge in [0.25, 0.3) is 0 Å². The molecule has 0 saturated carbocycles. The van der Waals surface area contributed by atoms with Crippen LogP contribution >= 0.6 is 0 Å². The number of allylic oxidation sites excluding steroid dienone is 2. The van der Waals surface area contributed by atoms with E-state index < -0.39 is 0 Å². The lowest BCUT2D eigenvalue weighted by atomic mass is 9.85. The number of methoxy groups -OCH3 is 1. The Kier molecular flexibility index (Phi) is 6.17. The molecule has 1 aromatic rings. The normalized spacial score (nSPS) is 22.2. The first kappa shape index (κ1) is 20.1. The van der Waals surface area contributed by atoms with Crippen LogP contribution < -0.4 is 10.1 Å². The molecule has 0 radical (unpaired) electrons. The molecule has 6 heteroatoms. The summed E-state index contributed by atoms with van der Waals surface area (Å²) in [5.74, 6) is -0.103. The van der Waals surface area contributed by atoms with Gasteiger partial charge in [-0.05, 0) is 43.4 Å². The first-order valence-corrected chi connectivity index (χ1v) is 9.90. The van der Waals surface area contributed by atoms with Crippen LogP contribution in [0.3, 0.4) is 0 Å². The Labute approximate surface area is 165 Å². The standard InChI is InChI=1S/C22H28N2O4/c1-4-18(15-9-10-19(28-3)14(2)13-15)23-20(25)11-12-24-21(26)16-7-5-6-8-17(16)22(24)27/h5-6,9-10,13,16-18H,4,7-8,11-12H2,1-3H3,(H,23,25)/t16-,17+,18-/m1/s1. The van der Waals surface area contributed by atoms with Crippen LogP contribution in [0, 0.1) is 18.8 Å². The predicted octanol–water partition coefficient (Wildman–Crippen LogP) is 2.91. The lowest BCUT2D eigenvalue weighted by molar-refractivity contribution is -0.140. The average Bonchev–Trinajstić information content (AvgIpc) is 2.95. The highest BCUT2D eigenvalue weighted by atomic mass is 16.5. The van der Waals surface area contributed by atoms with Gasteiger partial charge in [0.05, 0.1) is 25.0 Å². The Morgan fingerprint density at radius 3 is 2.39 bits per heavy atom. The highest BCUT2D eigenvalue weighted by Gasteiger charge is 2.46. The lowest BCUT2D eigenvalue weighted by Crippen LogP contribution is -2.36. The quantitative estimate of drug-likeness (QED) is 0.579. The third kappa shape index (κ3) is 3.96. The summed E-state index contributed by atoms with van der Waals surface area (Å²) >= 11 is 0. The van der Waals surface area contributed by atoms with Gasteiger partial charge in [-0.3, -0.25) is 19.3 Å². The predicted molar refractivity (Wildman–Crippen MR) is 106 cm³/mol. The zero-order valence-corrected chi connectivity index (χ0v) is 16.7. The fraction of sp³-hybridized carbons (Fsp3) is 0.500. The number of carbonyl (C=O) groups excluding carboxylic acids is 3. The van der Waals surface area contributed by atoms with Crippen molar-refractivity contribution in [2.45, 2.75) is 45.6 Å². The minimum Gasteiger partial charge on any atom is -0.496 e. The molecule has 3 rings (SSSR count). The summed E-state index contributed by atoms with van der Waals surface area (Å²) in [6, 6.07) is 5.75. The SMILES string of the molecule is CC[C@@H](NC(=O)CCN1C(=O)[C@H]2CC=CC[C@H]2C1=O)c1ccc(OC)c(C)c1. The van der Waals surface area contributed by atoms with E-state index in [2.05, 4.69) is 5.32 Å². The van der Waals surface area contributed by atoms with Gasteiger partial charge >= 0.3 is 0 Å². The molecule has 0 spiro atoms. The minimum atomic E-state index is -0.244. The number of fused-ring (bicyclic) bond motifs is 1. The summed E-state index contributed by atoms with van der Waals surface area (Å²) in [5, 5.41) is 3.02. The molecule has 1 aliphatic carbocycles. The summed E-state index contributed by atoms with van der Waals surface area (Å²) in [5.41, 5.74) is 2.02. The maximum Gasteiger partial charge on any atom is 0.233 e. The number of rotatable bonds is 7. The second kappa shape index (κ2) is 8.59. The van der Waals surface area contributed by atoms with E-state index in [1.54, 1.807) is 7.11 Å². The monoisotopic (exact) mass is 384 g/mol. The van der Waals surface area contributed by atoms with Gasteiger partial charge < -0.3 is 10.1 Å². The van der Waals surface area contributed by atoms with Crippen molar-refractivity contribution in [2.75, 3.05) is 13.7 Å². The molecule has 0 unspecified atom stereocenters. The molecule has 3 atom stereocenters. The Hall–Kier alpha value is -2.63. The van der Waals surface area contributed by atoms with E-state index in [9.17, 15) is 14.4 Å². The van der Waals surface area contributed by atoms with Gasteiger partial charge in [-0.2, -0.15) is 0 Å². The van der Waals surface area contributed by atoms with Gasteiger partial charge in [0.15, 0.2) is 0 Å². The van der Waals surface area contributed by atoms with E-state index in [-0.39, 0.29) is 48.6 Å². The molecule has 1 heterocycles. The Bertz CT molecular complexity index is 776. The molecule has 0 aromatic heterocycles. The van der Waals surface area contributed by atoms with Gasteiger partial charge in [-0.25, -0.2) is 0 Å². The number of nitrogens with zero attached hydrogens (tertiary/aromatic N) is 1. The molecule has 1 aromatic carbocycles. The number of nitrogens with one attached hydrogen (secondary N) is 1. The highest BCUT2D eigenvalue weighted by Crippen LogP contribution is 2.35. The molecule has 28 heavy (non-hydrogen) atoms. The molecule has 3 amide bonds. The maximum absolute atomic E-state index is 12.5. The molecular formula is C22H28N2O4. The summed E-state index contributed by atoms with van der Waals surface area (Å²) in [4.78, 5) is 38.7. The van der Waals surface area contributed by atoms with E-state index in [0.717, 1.165) is 23.3 Å². The summed E-state index contributed by atoms with van der Waals surface area (Å²) < 4.78 is 5.29. The summed E-state index contributed by atoms with van der Waals surface area (Å²) in [7, 11) is 1.63. The fourth-order valence-corrected chi connectivity index (χ4v) is 4.11. The lowest BCUT2D eigenvalue weighted by Gasteiger charge is -2.20. The number of hydrogen-bond donors (Lipinski definition) is 1. The molecule has 1 saturated heterocycles. The van der Waals surface area contributed by atoms with Crippen LogP contribution in [0.4, 0.5) is 0 Å². The minimum absolute atomic E-state index is 0.117. The van der Waals surface area contributed by atoms with Gasteiger partial charge in [0.1, 0.15) is 5.75 Å². The molecule has 2 aliphatic rings. The third-order valence-electron chi connectivity index (χ3n) is 5.73. The average molecular weight is 384 g/mol. The maximum atomic E-state index is 12.5. The summed E-state index contributed by atoms with van der Waals surface area (Å²) in [6.45, 7) is 4.13. The van der Waals surface area contributed by atoms with E-state index >= 15 is 0 Å². The number of likely N-dealkylation sites (tertiary alicyclic amines) is 1. The van der Waals surface area contributed by atoms with Crippen LogP contribution in [0.2, 0.25) is 0 Å². The van der Waals surface area contributed by atoms with Crippen molar-refractivity contribution in [2.24, 2.45) is 11.8 Å². The van der Waals surface area contributed by atoms with Crippen molar-refractivity contribution in [1.29, 1.82) is 0 Å². The van der Waals surface area contributed by atoms with Crippen molar-refractivity contribution in [3.63, 3.8) is 0 Å². The largest absolute Gasteiger partial charge is 0.496 e. The van der Waals surface area contributed by atoms with Crippen LogP contribution in [-0.4, -0.2) is 36.3 Å². The fourth-order valence-electron chi connectivity index (χ4n) is 4.11. The van der Waals surface area contributed by atoms with Crippen LogP contribution in [-0.2, 0) is 14.4 Å². The molecule has 6 nitrogen and oxygen atoms in total. The van der Waals surface area contributed by atoms with E-state index in [4.69, 9.17) is 4.74 Å². The molecule has 1 fully saturated rings. The molecule has 1 N–H and O–H groups in total. The topological polar surface area (TPSA) is 75.7 Å².